The molecule has 0 saturated carbocycles. The summed E-state index contributed by atoms with van der Waals surface area (Å²) >= 11 is 0. The maximum Gasteiger partial charge on any atom is 0.300 e. The van der Waals surface area contributed by atoms with Gasteiger partial charge in [-0.15, -0.1) is 0 Å². The van der Waals surface area contributed by atoms with Crippen LogP contribution in [0.1, 0.15) is 50.3 Å². The van der Waals surface area contributed by atoms with Crippen LogP contribution in [0.25, 0.3) is 5.76 Å². The summed E-state index contributed by atoms with van der Waals surface area (Å²) in [6, 6.07) is 17.8. The normalized spacial score (nSPS) is 16.3. The number of anilines is 2. The molecule has 4 rings (SSSR count). The van der Waals surface area contributed by atoms with E-state index in [2.05, 4.69) is 6.92 Å². The quantitative estimate of drug-likeness (QED) is 0.131. The molecule has 1 saturated heterocycles. The molecule has 3 aromatic carbocycles. The van der Waals surface area contributed by atoms with Crippen molar-refractivity contribution in [1.29, 1.82) is 0 Å². The number of hydrogen-bond donors (Lipinski definition) is 2. The molecule has 0 aromatic heterocycles. The zero-order valence-corrected chi connectivity index (χ0v) is 23.4. The fourth-order valence-electron chi connectivity index (χ4n) is 4.70. The zero-order chi connectivity index (χ0) is 28.8. The van der Waals surface area contributed by atoms with Crippen molar-refractivity contribution in [3.05, 3.63) is 83.4 Å². The molecule has 0 spiro atoms. The first-order chi connectivity index (χ1) is 19.3. The Bertz CT molecular complexity index is 1380. The van der Waals surface area contributed by atoms with E-state index in [4.69, 9.17) is 9.47 Å². The molecular weight excluding hydrogens is 508 g/mol. The lowest BCUT2D eigenvalue weighted by Crippen LogP contribution is -2.29. The van der Waals surface area contributed by atoms with Gasteiger partial charge in [0.25, 0.3) is 11.7 Å². The number of aliphatic hydroxyl groups is 1. The van der Waals surface area contributed by atoms with Crippen LogP contribution < -0.4 is 19.3 Å². The summed E-state index contributed by atoms with van der Waals surface area (Å²) in [7, 11) is 3.82. The average molecular weight is 545 g/mol. The molecule has 0 radical (unpaired) electrons. The van der Waals surface area contributed by atoms with E-state index in [9.17, 15) is 19.8 Å². The van der Waals surface area contributed by atoms with Crippen LogP contribution in [0.5, 0.6) is 17.2 Å². The molecule has 40 heavy (non-hydrogen) atoms. The van der Waals surface area contributed by atoms with Gasteiger partial charge in [0.1, 0.15) is 11.5 Å². The predicted octanol–water partition coefficient (Wildman–Crippen LogP) is 6.05. The smallest absolute Gasteiger partial charge is 0.300 e. The van der Waals surface area contributed by atoms with Crippen LogP contribution in [0.4, 0.5) is 11.4 Å². The highest BCUT2D eigenvalue weighted by Crippen LogP contribution is 2.44. The number of nitrogens with zero attached hydrogens (tertiary/aromatic N) is 2. The van der Waals surface area contributed by atoms with E-state index in [0.29, 0.717) is 35.8 Å². The Balaban J connectivity index is 1.79. The number of ketones is 1. The number of rotatable bonds is 11. The zero-order valence-electron chi connectivity index (χ0n) is 23.4. The second-order valence-corrected chi connectivity index (χ2v) is 9.82. The second-order valence-electron chi connectivity index (χ2n) is 9.82. The van der Waals surface area contributed by atoms with Crippen LogP contribution in [0.3, 0.4) is 0 Å². The lowest BCUT2D eigenvalue weighted by Gasteiger charge is -2.26. The van der Waals surface area contributed by atoms with Crippen molar-refractivity contribution in [3.63, 3.8) is 0 Å². The molecule has 1 unspecified atom stereocenters. The molecule has 210 valence electrons. The van der Waals surface area contributed by atoms with Gasteiger partial charge in [0.15, 0.2) is 11.5 Å². The van der Waals surface area contributed by atoms with E-state index in [1.165, 1.54) is 11.0 Å². The maximum atomic E-state index is 13.5. The molecule has 1 atom stereocenters. The summed E-state index contributed by atoms with van der Waals surface area (Å²) in [4.78, 5) is 30.3. The molecule has 1 amide bonds. The van der Waals surface area contributed by atoms with E-state index in [1.807, 2.05) is 31.1 Å². The first-order valence-corrected chi connectivity index (χ1v) is 13.5. The molecule has 1 aliphatic rings. The van der Waals surface area contributed by atoms with E-state index in [0.717, 1.165) is 24.9 Å². The number of aromatic hydroxyl groups is 1. The van der Waals surface area contributed by atoms with Crippen molar-refractivity contribution < 1.29 is 29.3 Å². The number of carbonyl (C=O) groups is 2. The largest absolute Gasteiger partial charge is 0.507 e. The predicted molar refractivity (Wildman–Crippen MR) is 156 cm³/mol. The van der Waals surface area contributed by atoms with Crippen molar-refractivity contribution in [1.82, 2.24) is 0 Å². The Hall–Kier alpha value is -4.46. The van der Waals surface area contributed by atoms with Gasteiger partial charge >= 0.3 is 0 Å². The minimum absolute atomic E-state index is 0.0496. The lowest BCUT2D eigenvalue weighted by molar-refractivity contribution is -0.132. The first-order valence-electron chi connectivity index (χ1n) is 13.5. The van der Waals surface area contributed by atoms with Crippen LogP contribution in [0.2, 0.25) is 0 Å². The number of phenols is 1. The van der Waals surface area contributed by atoms with Crippen LogP contribution in [-0.4, -0.2) is 49.2 Å². The third-order valence-electron chi connectivity index (χ3n) is 6.83. The van der Waals surface area contributed by atoms with Gasteiger partial charge in [-0.2, -0.15) is 0 Å². The number of unbranched alkanes of at least 4 members (excludes halogenated alkanes) is 2. The van der Waals surface area contributed by atoms with Gasteiger partial charge in [-0.3, -0.25) is 14.5 Å². The molecule has 0 aliphatic carbocycles. The highest BCUT2D eigenvalue weighted by atomic mass is 16.5. The molecule has 8 nitrogen and oxygen atoms in total. The van der Waals surface area contributed by atoms with Gasteiger partial charge in [0, 0.05) is 31.0 Å². The van der Waals surface area contributed by atoms with Crippen molar-refractivity contribution in [3.8, 4) is 17.2 Å². The molecule has 3 aromatic rings. The highest BCUT2D eigenvalue weighted by Gasteiger charge is 2.47. The Morgan fingerprint density at radius 3 is 2.25 bits per heavy atom. The Morgan fingerprint density at radius 2 is 1.62 bits per heavy atom. The Kier molecular flexibility index (Phi) is 8.99. The molecule has 1 fully saturated rings. The number of hydrogen-bond acceptors (Lipinski definition) is 7. The van der Waals surface area contributed by atoms with Crippen molar-refractivity contribution >= 4 is 28.8 Å². The number of phenolic OH excluding ortho intramolecular Hbond substituents is 1. The number of amides is 1. The Morgan fingerprint density at radius 1 is 0.925 bits per heavy atom. The van der Waals surface area contributed by atoms with Gasteiger partial charge in [0.2, 0.25) is 0 Å². The number of carbonyl (C=O) groups excluding carboxylic acids is 2. The summed E-state index contributed by atoms with van der Waals surface area (Å²) in [6.07, 6.45) is 3.13. The fraction of sp³-hybridized carbons (Fsp3) is 0.312. The molecule has 1 aliphatic heterocycles. The number of ether oxygens (including phenoxy) is 2. The van der Waals surface area contributed by atoms with Gasteiger partial charge in [-0.25, -0.2) is 0 Å². The first kappa shape index (κ1) is 28.5. The summed E-state index contributed by atoms with van der Waals surface area (Å²) in [6.45, 7) is 4.83. The van der Waals surface area contributed by atoms with E-state index in [1.54, 1.807) is 55.5 Å². The van der Waals surface area contributed by atoms with E-state index >= 15 is 0 Å². The van der Waals surface area contributed by atoms with Crippen molar-refractivity contribution in [2.45, 2.75) is 39.2 Å². The van der Waals surface area contributed by atoms with Gasteiger partial charge in [0.05, 0.1) is 24.8 Å². The van der Waals surface area contributed by atoms with Crippen molar-refractivity contribution in [2.24, 2.45) is 0 Å². The van der Waals surface area contributed by atoms with E-state index < -0.39 is 17.7 Å². The van der Waals surface area contributed by atoms with Gasteiger partial charge < -0.3 is 24.6 Å². The van der Waals surface area contributed by atoms with Crippen LogP contribution in [0.15, 0.2) is 72.3 Å². The van der Waals surface area contributed by atoms with Gasteiger partial charge in [-0.1, -0.05) is 25.8 Å². The monoisotopic (exact) mass is 544 g/mol. The molecule has 2 N–H and O–H groups in total. The third kappa shape index (κ3) is 5.91. The Labute approximate surface area is 235 Å². The van der Waals surface area contributed by atoms with Crippen LogP contribution in [0, 0.1) is 0 Å². The summed E-state index contributed by atoms with van der Waals surface area (Å²) < 4.78 is 11.4. The standard InChI is InChI=1S/C32H36N2O6/c1-5-7-8-19-40-25-16-9-21(10-17-25)30(36)28-29(22-11-18-26(35)27(20-22)39-6-2)34(32(38)31(28)37)24-14-12-23(13-15-24)33(3)4/h9-18,20,29,35-36H,5-8,19H2,1-4H3/b30-28-. The highest BCUT2D eigenvalue weighted by molar-refractivity contribution is 6.51. The van der Waals surface area contributed by atoms with Crippen LogP contribution in [-0.2, 0) is 9.59 Å². The molecule has 8 heteroatoms. The number of Topliss-reactive ketones (excluding diaryl/α,β-unsaturated/α-hetero) is 1. The summed E-state index contributed by atoms with van der Waals surface area (Å²) in [5, 5.41) is 21.7. The second kappa shape index (κ2) is 12.6. The number of benzene rings is 3. The van der Waals surface area contributed by atoms with E-state index in [-0.39, 0.29) is 22.8 Å². The summed E-state index contributed by atoms with van der Waals surface area (Å²) in [5.74, 6) is -1.04. The molecule has 0 bridgehead atoms. The minimum atomic E-state index is -0.949. The van der Waals surface area contributed by atoms with Crippen molar-refractivity contribution in [2.75, 3.05) is 37.1 Å². The fourth-order valence-corrected chi connectivity index (χ4v) is 4.70. The average Bonchev–Trinajstić information content (AvgIpc) is 3.22. The molecular formula is C32H36N2O6. The SMILES string of the molecule is CCCCCOc1ccc(/C(O)=C2/C(=O)C(=O)N(c3ccc(N(C)C)cc3)C2c2ccc(O)c(OCC)c2)cc1. The van der Waals surface area contributed by atoms with Crippen LogP contribution >= 0.6 is 0 Å². The minimum Gasteiger partial charge on any atom is -0.507 e. The summed E-state index contributed by atoms with van der Waals surface area (Å²) in [5.41, 5.74) is 2.27. The van der Waals surface area contributed by atoms with Gasteiger partial charge in [-0.05, 0) is 79.6 Å². The lowest BCUT2D eigenvalue weighted by atomic mass is 9.94. The number of aliphatic hydroxyl groups excluding tert-OH is 1. The topological polar surface area (TPSA) is 99.5 Å². The maximum absolute atomic E-state index is 13.5. The molecule has 1 heterocycles. The third-order valence-corrected chi connectivity index (χ3v) is 6.83.